The SMILES string of the molecule is CN(C)c1ccc([C@H](CNC(=O)c2ccc3ccccc3c2)[NH+]2CCCC2)cc1. The van der Waals surface area contributed by atoms with Crippen LogP contribution in [0.4, 0.5) is 5.69 Å². The smallest absolute Gasteiger partial charge is 0.251 e. The van der Waals surface area contributed by atoms with Gasteiger partial charge in [0.1, 0.15) is 6.04 Å². The van der Waals surface area contributed by atoms with Crippen LogP contribution in [0.25, 0.3) is 10.8 Å². The molecule has 0 unspecified atom stereocenters. The van der Waals surface area contributed by atoms with Crippen LogP contribution in [0.15, 0.2) is 66.7 Å². The normalized spacial score (nSPS) is 15.4. The van der Waals surface area contributed by atoms with Gasteiger partial charge in [0.05, 0.1) is 19.6 Å². The van der Waals surface area contributed by atoms with E-state index in [1.54, 1.807) is 4.90 Å². The fourth-order valence-electron chi connectivity index (χ4n) is 4.31. The molecule has 3 aromatic carbocycles. The molecule has 1 atom stereocenters. The summed E-state index contributed by atoms with van der Waals surface area (Å²) in [6.45, 7) is 3.00. The number of amides is 1. The van der Waals surface area contributed by atoms with E-state index in [-0.39, 0.29) is 11.9 Å². The second kappa shape index (κ2) is 8.66. The van der Waals surface area contributed by atoms with Gasteiger partial charge in [-0.2, -0.15) is 0 Å². The Hall–Kier alpha value is -2.85. The zero-order valence-corrected chi connectivity index (χ0v) is 17.3. The number of rotatable bonds is 6. The highest BCUT2D eigenvalue weighted by Gasteiger charge is 2.28. The van der Waals surface area contributed by atoms with Gasteiger partial charge in [0.2, 0.25) is 0 Å². The molecule has 0 saturated carbocycles. The molecule has 4 rings (SSSR count). The van der Waals surface area contributed by atoms with Crippen molar-refractivity contribution in [2.45, 2.75) is 18.9 Å². The fraction of sp³-hybridized carbons (Fsp3) is 0.320. The van der Waals surface area contributed by atoms with E-state index in [0.717, 1.165) is 16.3 Å². The molecular formula is C25H30N3O+. The quantitative estimate of drug-likeness (QED) is 0.681. The zero-order chi connectivity index (χ0) is 20.2. The molecule has 150 valence electrons. The minimum Gasteiger partial charge on any atom is -0.378 e. The monoisotopic (exact) mass is 388 g/mol. The third-order valence-electron chi connectivity index (χ3n) is 6.03. The van der Waals surface area contributed by atoms with Crippen LogP contribution < -0.4 is 15.1 Å². The van der Waals surface area contributed by atoms with Gasteiger partial charge in [-0.3, -0.25) is 4.79 Å². The van der Waals surface area contributed by atoms with Gasteiger partial charge >= 0.3 is 0 Å². The van der Waals surface area contributed by atoms with Gasteiger partial charge in [-0.25, -0.2) is 0 Å². The molecular weight excluding hydrogens is 358 g/mol. The molecule has 3 aromatic rings. The standard InChI is InChI=1S/C25H29N3O/c1-27(2)23-13-11-20(12-14-23)24(28-15-5-6-16-28)18-26-25(29)22-10-9-19-7-3-4-8-21(19)17-22/h3-4,7-14,17,24H,5-6,15-16,18H2,1-2H3,(H,26,29)/p+1/t24-/m0/s1. The van der Waals surface area contributed by atoms with Gasteiger partial charge in [0, 0.05) is 43.8 Å². The van der Waals surface area contributed by atoms with Gasteiger partial charge in [-0.05, 0) is 35.0 Å². The van der Waals surface area contributed by atoms with Crippen molar-refractivity contribution < 1.29 is 9.69 Å². The van der Waals surface area contributed by atoms with Crippen molar-refractivity contribution in [3.63, 3.8) is 0 Å². The first-order valence-corrected chi connectivity index (χ1v) is 10.5. The number of fused-ring (bicyclic) bond motifs is 1. The first-order valence-electron chi connectivity index (χ1n) is 10.5. The van der Waals surface area contributed by atoms with Gasteiger partial charge < -0.3 is 15.1 Å². The van der Waals surface area contributed by atoms with Crippen LogP contribution in [-0.2, 0) is 0 Å². The number of hydrogen-bond donors (Lipinski definition) is 2. The highest BCUT2D eigenvalue weighted by molar-refractivity contribution is 5.98. The van der Waals surface area contributed by atoms with Crippen LogP contribution in [0.5, 0.6) is 0 Å². The summed E-state index contributed by atoms with van der Waals surface area (Å²) in [5, 5.41) is 5.46. The molecule has 0 spiro atoms. The largest absolute Gasteiger partial charge is 0.378 e. The third-order valence-corrected chi connectivity index (χ3v) is 6.03. The van der Waals surface area contributed by atoms with Crippen molar-refractivity contribution in [3.8, 4) is 0 Å². The molecule has 1 aliphatic rings. The van der Waals surface area contributed by atoms with Crippen molar-refractivity contribution in [1.82, 2.24) is 5.32 Å². The van der Waals surface area contributed by atoms with E-state index < -0.39 is 0 Å². The fourth-order valence-corrected chi connectivity index (χ4v) is 4.31. The lowest BCUT2D eigenvalue weighted by Gasteiger charge is -2.26. The highest BCUT2D eigenvalue weighted by Crippen LogP contribution is 2.18. The second-order valence-electron chi connectivity index (χ2n) is 8.18. The van der Waals surface area contributed by atoms with Gasteiger partial charge in [-0.1, -0.05) is 42.5 Å². The molecule has 0 radical (unpaired) electrons. The number of anilines is 1. The summed E-state index contributed by atoms with van der Waals surface area (Å²) in [4.78, 5) is 16.5. The molecule has 4 heteroatoms. The Labute approximate surface area is 173 Å². The summed E-state index contributed by atoms with van der Waals surface area (Å²) in [6.07, 6.45) is 2.53. The number of quaternary nitrogens is 1. The first-order chi connectivity index (χ1) is 14.1. The maximum atomic E-state index is 12.9. The second-order valence-corrected chi connectivity index (χ2v) is 8.18. The summed E-state index contributed by atoms with van der Waals surface area (Å²) < 4.78 is 0. The number of carbonyl (C=O) groups is 1. The molecule has 1 amide bonds. The van der Waals surface area contributed by atoms with Crippen LogP contribution >= 0.6 is 0 Å². The van der Waals surface area contributed by atoms with E-state index in [1.807, 2.05) is 30.3 Å². The van der Waals surface area contributed by atoms with Crippen LogP contribution in [0.2, 0.25) is 0 Å². The molecule has 0 aromatic heterocycles. The van der Waals surface area contributed by atoms with E-state index in [0.29, 0.717) is 6.54 Å². The molecule has 0 aliphatic carbocycles. The van der Waals surface area contributed by atoms with Gasteiger partial charge in [0.15, 0.2) is 0 Å². The number of benzene rings is 3. The van der Waals surface area contributed by atoms with Gasteiger partial charge in [-0.15, -0.1) is 0 Å². The third kappa shape index (κ3) is 4.43. The van der Waals surface area contributed by atoms with Crippen LogP contribution in [0, 0.1) is 0 Å². The average Bonchev–Trinajstić information content (AvgIpc) is 3.28. The molecule has 4 nitrogen and oxygen atoms in total. The van der Waals surface area contributed by atoms with Gasteiger partial charge in [0.25, 0.3) is 5.91 Å². The Bertz CT molecular complexity index is 975. The topological polar surface area (TPSA) is 36.8 Å². The average molecular weight is 389 g/mol. The minimum atomic E-state index is 0.00395. The van der Waals surface area contributed by atoms with E-state index >= 15 is 0 Å². The Balaban J connectivity index is 1.50. The lowest BCUT2D eigenvalue weighted by Crippen LogP contribution is -3.11. The summed E-state index contributed by atoms with van der Waals surface area (Å²) in [7, 11) is 4.12. The zero-order valence-electron chi connectivity index (χ0n) is 17.3. The molecule has 0 bridgehead atoms. The van der Waals surface area contributed by atoms with Crippen molar-refractivity contribution in [3.05, 3.63) is 77.9 Å². The number of hydrogen-bond acceptors (Lipinski definition) is 2. The van der Waals surface area contributed by atoms with Crippen molar-refractivity contribution in [2.75, 3.05) is 38.6 Å². The van der Waals surface area contributed by atoms with Crippen LogP contribution in [0.1, 0.15) is 34.8 Å². The van der Waals surface area contributed by atoms with Crippen molar-refractivity contribution in [1.29, 1.82) is 0 Å². The molecule has 1 heterocycles. The van der Waals surface area contributed by atoms with E-state index in [2.05, 4.69) is 60.7 Å². The van der Waals surface area contributed by atoms with E-state index in [4.69, 9.17) is 0 Å². The van der Waals surface area contributed by atoms with Crippen molar-refractivity contribution in [2.24, 2.45) is 0 Å². The number of nitrogens with one attached hydrogen (secondary N) is 2. The summed E-state index contributed by atoms with van der Waals surface area (Å²) in [5.41, 5.74) is 3.22. The molecule has 29 heavy (non-hydrogen) atoms. The maximum Gasteiger partial charge on any atom is 0.251 e. The lowest BCUT2D eigenvalue weighted by atomic mass is 10.0. The summed E-state index contributed by atoms with van der Waals surface area (Å²) in [5.74, 6) is 0.00395. The number of carbonyl (C=O) groups excluding carboxylic acids is 1. The van der Waals surface area contributed by atoms with Crippen LogP contribution in [-0.4, -0.2) is 39.6 Å². The molecule has 2 N–H and O–H groups in total. The van der Waals surface area contributed by atoms with E-state index in [9.17, 15) is 4.79 Å². The molecule has 1 saturated heterocycles. The predicted molar refractivity (Wildman–Crippen MR) is 120 cm³/mol. The van der Waals surface area contributed by atoms with E-state index in [1.165, 1.54) is 37.2 Å². The van der Waals surface area contributed by atoms with Crippen LogP contribution in [0.3, 0.4) is 0 Å². The lowest BCUT2D eigenvalue weighted by molar-refractivity contribution is -0.918. The molecule has 1 aliphatic heterocycles. The summed E-state index contributed by atoms with van der Waals surface area (Å²) >= 11 is 0. The predicted octanol–water partition coefficient (Wildman–Crippen LogP) is 3.06. The first kappa shape index (κ1) is 19.5. The number of nitrogens with zero attached hydrogens (tertiary/aromatic N) is 1. The highest BCUT2D eigenvalue weighted by atomic mass is 16.1. The maximum absolute atomic E-state index is 12.9. The number of likely N-dealkylation sites (tertiary alicyclic amines) is 1. The Morgan fingerprint density at radius 3 is 2.34 bits per heavy atom. The Morgan fingerprint density at radius 1 is 0.966 bits per heavy atom. The Morgan fingerprint density at radius 2 is 1.66 bits per heavy atom. The Kier molecular flexibility index (Phi) is 5.81. The summed E-state index contributed by atoms with van der Waals surface area (Å²) in [6, 6.07) is 23.1. The minimum absolute atomic E-state index is 0.00395. The van der Waals surface area contributed by atoms with Crippen molar-refractivity contribution >= 4 is 22.4 Å². The molecule has 1 fully saturated rings.